The minimum Gasteiger partial charge on any atom is -0.135 e. The maximum Gasteiger partial charge on any atom is 0.0641 e. The number of rotatable bonds is 1. The van der Waals surface area contributed by atoms with E-state index in [0.717, 1.165) is 11.3 Å². The number of benzene rings is 3. The van der Waals surface area contributed by atoms with E-state index in [1.54, 1.807) is 6.92 Å². The summed E-state index contributed by atoms with van der Waals surface area (Å²) in [5.74, 6) is 0. The molecule has 20 heavy (non-hydrogen) atoms. The summed E-state index contributed by atoms with van der Waals surface area (Å²) in [5, 5.41) is 0.211. The highest BCUT2D eigenvalue weighted by atomic mass is 32.1. The Kier molecular flexibility index (Phi) is 1.12. The van der Waals surface area contributed by atoms with Gasteiger partial charge in [-0.1, -0.05) is 48.3 Å². The molecule has 0 amide bonds. The van der Waals surface area contributed by atoms with E-state index in [9.17, 15) is 0 Å². The van der Waals surface area contributed by atoms with Gasteiger partial charge in [-0.05, 0) is 41.7 Å². The van der Waals surface area contributed by atoms with Crippen LogP contribution < -0.4 is 0 Å². The lowest BCUT2D eigenvalue weighted by Gasteiger charge is -2.01. The van der Waals surface area contributed by atoms with Crippen LogP contribution in [0.15, 0.2) is 66.5 Å². The Morgan fingerprint density at radius 1 is 0.750 bits per heavy atom. The molecule has 1 heterocycles. The van der Waals surface area contributed by atoms with Gasteiger partial charge in [-0.25, -0.2) is 0 Å². The maximum absolute atomic E-state index is 8.75. The summed E-state index contributed by atoms with van der Waals surface area (Å²) in [4.78, 5) is 0. The Balaban J connectivity index is 2.30. The topological polar surface area (TPSA) is 0 Å². The fourth-order valence-corrected chi connectivity index (χ4v) is 3.00. The molecule has 0 fully saturated rings. The molecule has 0 spiro atoms. The smallest absolute Gasteiger partial charge is 0.0641 e. The fourth-order valence-electron chi connectivity index (χ4n) is 1.98. The van der Waals surface area contributed by atoms with Gasteiger partial charge in [0.15, 0.2) is 0 Å². The second-order valence-electron chi connectivity index (χ2n) is 4.26. The Morgan fingerprint density at radius 3 is 2.45 bits per heavy atom. The molecule has 0 aliphatic heterocycles. The first kappa shape index (κ1) is 5.01. The summed E-state index contributed by atoms with van der Waals surface area (Å²) in [7, 11) is 0. The van der Waals surface area contributed by atoms with Gasteiger partial charge in [-0.2, -0.15) is 0 Å². The second-order valence-corrected chi connectivity index (χ2v) is 5.28. The Morgan fingerprint density at radius 2 is 1.60 bits per heavy atom. The molecule has 0 bridgehead atoms. The minimum atomic E-state index is -0.615. The summed E-state index contributed by atoms with van der Waals surface area (Å²) >= 11 is 0.985. The van der Waals surface area contributed by atoms with Crippen LogP contribution in [0.3, 0.4) is 0 Å². The van der Waals surface area contributed by atoms with Crippen molar-refractivity contribution in [3.8, 4) is 11.1 Å². The van der Waals surface area contributed by atoms with Crippen molar-refractivity contribution in [2.45, 2.75) is 6.92 Å². The van der Waals surface area contributed by atoms with Gasteiger partial charge < -0.3 is 0 Å². The lowest BCUT2D eigenvalue weighted by atomic mass is 10.0. The van der Waals surface area contributed by atoms with Crippen LogP contribution in [0.4, 0.5) is 0 Å². The largest absolute Gasteiger partial charge is 0.135 e. The third kappa shape index (κ3) is 1.83. The molecule has 0 atom stereocenters. The van der Waals surface area contributed by atoms with E-state index in [-0.39, 0.29) is 56.8 Å². The van der Waals surface area contributed by atoms with Crippen molar-refractivity contribution in [1.82, 2.24) is 0 Å². The van der Waals surface area contributed by atoms with Crippen LogP contribution in [0.2, 0.25) is 0 Å². The van der Waals surface area contributed by atoms with E-state index < -0.39 is 36.3 Å². The molecular weight excluding hydrogens is 260 g/mol. The molecular formula is C19H14S. The Bertz CT molecular complexity index is 1420. The predicted molar refractivity (Wildman–Crippen MR) is 89.5 cm³/mol. The molecule has 0 N–H and O–H groups in total. The zero-order valence-electron chi connectivity index (χ0n) is 21.4. The lowest BCUT2D eigenvalue weighted by molar-refractivity contribution is 1.52. The number of fused-ring (bicyclic) bond motifs is 3. The molecule has 1 heteroatoms. The van der Waals surface area contributed by atoms with Gasteiger partial charge in [0.1, 0.15) is 0 Å². The van der Waals surface area contributed by atoms with Crippen LogP contribution in [-0.2, 0) is 0 Å². The van der Waals surface area contributed by atoms with Crippen molar-refractivity contribution in [2.24, 2.45) is 0 Å². The van der Waals surface area contributed by atoms with E-state index in [1.165, 1.54) is 0 Å². The normalized spacial score (nSPS) is 18.9. The average Bonchev–Trinajstić information content (AvgIpc) is 3.15. The Hall–Kier alpha value is -2.12. The number of hydrogen-bond donors (Lipinski definition) is 0. The predicted octanol–water partition coefficient (Wildman–Crippen LogP) is 6.03. The zero-order chi connectivity index (χ0) is 23.1. The average molecular weight is 285 g/mol. The van der Waals surface area contributed by atoms with Crippen LogP contribution in [0.5, 0.6) is 0 Å². The highest BCUT2D eigenvalue weighted by Gasteiger charge is 2.06. The molecule has 3 aromatic carbocycles. The summed E-state index contributed by atoms with van der Waals surface area (Å²) < 4.78 is 91.0. The molecule has 0 aliphatic rings. The van der Waals surface area contributed by atoms with Crippen molar-refractivity contribution in [3.05, 3.63) is 72.0 Å². The first-order chi connectivity index (χ1) is 14.4. The van der Waals surface area contributed by atoms with Crippen LogP contribution in [-0.4, -0.2) is 0 Å². The molecule has 0 nitrogen and oxygen atoms in total. The van der Waals surface area contributed by atoms with Gasteiger partial charge in [0, 0.05) is 20.2 Å². The van der Waals surface area contributed by atoms with Gasteiger partial charge >= 0.3 is 0 Å². The number of thiophene rings is 1. The Labute approximate surface area is 137 Å². The van der Waals surface area contributed by atoms with Gasteiger partial charge in [0.2, 0.25) is 0 Å². The van der Waals surface area contributed by atoms with Crippen LogP contribution in [0.1, 0.15) is 20.6 Å². The van der Waals surface area contributed by atoms with Gasteiger partial charge in [0.05, 0.1) is 15.1 Å². The van der Waals surface area contributed by atoms with E-state index in [0.29, 0.717) is 10.3 Å². The third-order valence-corrected chi connectivity index (χ3v) is 3.91. The monoisotopic (exact) mass is 285 g/mol. The highest BCUT2D eigenvalue weighted by Crippen LogP contribution is 2.36. The van der Waals surface area contributed by atoms with Crippen molar-refractivity contribution in [1.29, 1.82) is 0 Å². The first-order valence-corrected chi connectivity index (χ1v) is 6.72. The molecule has 96 valence electrons. The SMILES string of the molecule is [2H]c1c([2H])c([2H])c(-c2c([2H])c([2H])c3sc4c([2H])c(C)c([2H])c([2H])c4c3c2[2H])c([2H])c1[2H]. The summed E-state index contributed by atoms with van der Waals surface area (Å²) in [6, 6.07) is -4.55. The fraction of sp³-hybridized carbons (Fsp3) is 0.0526. The van der Waals surface area contributed by atoms with Crippen molar-refractivity contribution >= 4 is 31.5 Å². The minimum absolute atomic E-state index is 0.00638. The van der Waals surface area contributed by atoms with Crippen LogP contribution >= 0.6 is 11.3 Å². The van der Waals surface area contributed by atoms with E-state index in [4.69, 9.17) is 15.1 Å². The van der Waals surface area contributed by atoms with Crippen LogP contribution in [0, 0.1) is 6.92 Å². The molecule has 4 aromatic rings. The molecule has 0 saturated carbocycles. The standard InChI is InChI=1S/C19H14S/c1-13-7-9-16-17-12-15(14-5-3-2-4-6-14)8-10-18(17)20-19(16)11-13/h2-12H,1H3/i2D,3D,4D,5D,6D,7D,8D,9D,10D,11D,12D. The molecule has 1 aromatic heterocycles. The van der Waals surface area contributed by atoms with Gasteiger partial charge in [0.25, 0.3) is 0 Å². The third-order valence-electron chi connectivity index (χ3n) is 2.89. The zero-order valence-corrected chi connectivity index (χ0v) is 11.2. The maximum atomic E-state index is 8.75. The molecule has 0 saturated heterocycles. The van der Waals surface area contributed by atoms with Crippen molar-refractivity contribution < 1.29 is 15.1 Å². The first-order valence-electron chi connectivity index (χ1n) is 11.4. The summed E-state index contributed by atoms with van der Waals surface area (Å²) in [5.41, 5.74) is -0.363. The molecule has 0 aliphatic carbocycles. The number of hydrogen-bond acceptors (Lipinski definition) is 1. The van der Waals surface area contributed by atoms with Crippen LogP contribution in [0.25, 0.3) is 31.3 Å². The molecule has 0 unspecified atom stereocenters. The van der Waals surface area contributed by atoms with Crippen molar-refractivity contribution in [3.63, 3.8) is 0 Å². The van der Waals surface area contributed by atoms with Gasteiger partial charge in [-0.3, -0.25) is 0 Å². The molecule has 4 rings (SSSR count). The molecule has 0 radical (unpaired) electrons. The summed E-state index contributed by atoms with van der Waals surface area (Å²) in [6.07, 6.45) is 0. The second kappa shape index (κ2) is 4.46. The van der Waals surface area contributed by atoms with Crippen molar-refractivity contribution in [2.75, 3.05) is 0 Å². The van der Waals surface area contributed by atoms with E-state index in [2.05, 4.69) is 0 Å². The quantitative estimate of drug-likeness (QED) is 0.400. The summed E-state index contributed by atoms with van der Waals surface area (Å²) in [6.45, 7) is 1.55. The van der Waals surface area contributed by atoms with Gasteiger partial charge in [-0.15, -0.1) is 11.3 Å². The lowest BCUT2D eigenvalue weighted by Crippen LogP contribution is -1.76. The van der Waals surface area contributed by atoms with E-state index >= 15 is 0 Å². The highest BCUT2D eigenvalue weighted by molar-refractivity contribution is 7.25. The van der Waals surface area contributed by atoms with E-state index in [1.807, 2.05) is 0 Å².